The van der Waals surface area contributed by atoms with Crippen LogP contribution in [0.15, 0.2) is 59.7 Å². The minimum atomic E-state index is -0.221. The van der Waals surface area contributed by atoms with Crippen molar-refractivity contribution in [3.63, 3.8) is 0 Å². The Morgan fingerprint density at radius 2 is 1.82 bits per heavy atom. The zero-order valence-corrected chi connectivity index (χ0v) is 16.3. The first-order valence-electron chi connectivity index (χ1n) is 9.41. The van der Waals surface area contributed by atoms with Crippen molar-refractivity contribution in [3.8, 4) is 22.3 Å². The first-order valence-corrected chi connectivity index (χ1v) is 9.79. The highest BCUT2D eigenvalue weighted by molar-refractivity contribution is 6.30. The number of epoxide rings is 1. The standard InChI is InChI=1S/C22H20ClN3O2/c1-25-19(26-12-2-9-22(26)14-28-22)13-18(15-7-10-24-11-8-15)20(21(25)27)16-3-5-17(23)6-4-16/h3-8,10-11,13H,2,9,12,14H2,1H3. The predicted molar refractivity (Wildman–Crippen MR) is 111 cm³/mol. The van der Waals surface area contributed by atoms with Gasteiger partial charge >= 0.3 is 0 Å². The highest BCUT2D eigenvalue weighted by Crippen LogP contribution is 2.45. The SMILES string of the molecule is Cn1c(N2CCCC23CO3)cc(-c2ccncc2)c(-c2ccc(Cl)cc2)c1=O. The van der Waals surface area contributed by atoms with Crippen molar-refractivity contribution in [2.75, 3.05) is 18.1 Å². The van der Waals surface area contributed by atoms with Gasteiger partial charge in [-0.05, 0) is 59.9 Å². The normalized spacial score (nSPS) is 20.7. The maximum Gasteiger partial charge on any atom is 0.260 e. The molecule has 0 amide bonds. The molecule has 0 bridgehead atoms. The Bertz CT molecular complexity index is 1090. The first kappa shape index (κ1) is 17.5. The van der Waals surface area contributed by atoms with Crippen LogP contribution in [0.1, 0.15) is 12.8 Å². The molecule has 142 valence electrons. The van der Waals surface area contributed by atoms with E-state index < -0.39 is 0 Å². The van der Waals surface area contributed by atoms with E-state index in [1.807, 2.05) is 43.4 Å². The van der Waals surface area contributed by atoms with Gasteiger partial charge in [-0.2, -0.15) is 0 Å². The van der Waals surface area contributed by atoms with Crippen molar-refractivity contribution in [1.29, 1.82) is 0 Å². The smallest absolute Gasteiger partial charge is 0.260 e. The van der Waals surface area contributed by atoms with Crippen LogP contribution >= 0.6 is 11.6 Å². The van der Waals surface area contributed by atoms with Gasteiger partial charge in [0.1, 0.15) is 5.82 Å². The largest absolute Gasteiger partial charge is 0.348 e. The number of nitrogens with zero attached hydrogens (tertiary/aromatic N) is 3. The zero-order valence-electron chi connectivity index (χ0n) is 15.6. The quantitative estimate of drug-likeness (QED) is 0.629. The fourth-order valence-electron chi connectivity index (χ4n) is 4.16. The lowest BCUT2D eigenvalue weighted by atomic mass is 9.96. The summed E-state index contributed by atoms with van der Waals surface area (Å²) in [5, 5.41) is 0.646. The van der Waals surface area contributed by atoms with E-state index in [4.69, 9.17) is 16.3 Å². The summed E-state index contributed by atoms with van der Waals surface area (Å²) in [5.41, 5.74) is 3.12. The number of anilines is 1. The topological polar surface area (TPSA) is 50.7 Å². The molecule has 1 atom stereocenters. The van der Waals surface area contributed by atoms with Gasteiger partial charge in [-0.1, -0.05) is 23.7 Å². The van der Waals surface area contributed by atoms with Crippen LogP contribution in [0.3, 0.4) is 0 Å². The molecule has 6 heteroatoms. The Morgan fingerprint density at radius 3 is 2.50 bits per heavy atom. The molecule has 5 rings (SSSR count). The summed E-state index contributed by atoms with van der Waals surface area (Å²) in [7, 11) is 1.84. The highest BCUT2D eigenvalue weighted by atomic mass is 35.5. The molecule has 3 aromatic rings. The number of ether oxygens (including phenoxy) is 1. The molecule has 2 aromatic heterocycles. The van der Waals surface area contributed by atoms with E-state index in [1.54, 1.807) is 17.0 Å². The monoisotopic (exact) mass is 393 g/mol. The van der Waals surface area contributed by atoms with Crippen LogP contribution in [0.4, 0.5) is 5.82 Å². The van der Waals surface area contributed by atoms with Gasteiger partial charge < -0.3 is 9.64 Å². The summed E-state index contributed by atoms with van der Waals surface area (Å²) in [5.74, 6) is 0.893. The van der Waals surface area contributed by atoms with E-state index in [0.717, 1.165) is 48.5 Å². The van der Waals surface area contributed by atoms with Crippen molar-refractivity contribution >= 4 is 17.4 Å². The number of pyridine rings is 2. The number of aromatic nitrogens is 2. The lowest BCUT2D eigenvalue weighted by molar-refractivity contribution is 0.309. The van der Waals surface area contributed by atoms with Gasteiger partial charge in [-0.3, -0.25) is 14.3 Å². The Balaban J connectivity index is 1.76. The highest BCUT2D eigenvalue weighted by Gasteiger charge is 2.54. The third-order valence-corrected chi connectivity index (χ3v) is 5.98. The first-order chi connectivity index (χ1) is 13.6. The van der Waals surface area contributed by atoms with E-state index in [2.05, 4.69) is 16.0 Å². The van der Waals surface area contributed by atoms with E-state index in [-0.39, 0.29) is 11.3 Å². The van der Waals surface area contributed by atoms with Crippen LogP contribution in [0.25, 0.3) is 22.3 Å². The summed E-state index contributed by atoms with van der Waals surface area (Å²) in [6.45, 7) is 1.62. The molecule has 2 fully saturated rings. The van der Waals surface area contributed by atoms with Crippen molar-refractivity contribution in [2.24, 2.45) is 7.05 Å². The second-order valence-corrected chi connectivity index (χ2v) is 7.82. The Kier molecular flexibility index (Phi) is 4.03. The van der Waals surface area contributed by atoms with Crippen LogP contribution in [-0.4, -0.2) is 28.4 Å². The molecule has 0 N–H and O–H groups in total. The number of benzene rings is 1. The fourth-order valence-corrected chi connectivity index (χ4v) is 4.28. The summed E-state index contributed by atoms with van der Waals surface area (Å²) in [4.78, 5) is 19.9. The Hall–Kier alpha value is -2.63. The van der Waals surface area contributed by atoms with Crippen molar-refractivity contribution < 1.29 is 4.74 Å². The van der Waals surface area contributed by atoms with Gasteiger partial charge in [0.05, 0.1) is 12.2 Å². The number of rotatable bonds is 3. The van der Waals surface area contributed by atoms with Crippen LogP contribution in [0.2, 0.25) is 5.02 Å². The molecule has 1 unspecified atom stereocenters. The van der Waals surface area contributed by atoms with Gasteiger partial charge in [-0.25, -0.2) is 0 Å². The molecule has 2 aliphatic heterocycles. The third kappa shape index (κ3) is 2.74. The fraction of sp³-hybridized carbons (Fsp3) is 0.273. The van der Waals surface area contributed by atoms with Crippen LogP contribution in [0, 0.1) is 0 Å². The van der Waals surface area contributed by atoms with Gasteiger partial charge in [0, 0.05) is 31.0 Å². The second-order valence-electron chi connectivity index (χ2n) is 7.39. The molecule has 2 saturated heterocycles. The van der Waals surface area contributed by atoms with Crippen molar-refractivity contribution in [1.82, 2.24) is 9.55 Å². The average Bonchev–Trinajstić information content (AvgIpc) is 3.37. The number of halogens is 1. The summed E-state index contributed by atoms with van der Waals surface area (Å²) in [6.07, 6.45) is 5.57. The minimum absolute atomic E-state index is 0.0330. The van der Waals surface area contributed by atoms with Gasteiger partial charge in [0.25, 0.3) is 5.56 Å². The van der Waals surface area contributed by atoms with Crippen molar-refractivity contribution in [3.05, 3.63) is 70.2 Å². The van der Waals surface area contributed by atoms with Gasteiger partial charge in [-0.15, -0.1) is 0 Å². The second kappa shape index (κ2) is 6.47. The molecular weight excluding hydrogens is 374 g/mol. The molecule has 5 nitrogen and oxygen atoms in total. The van der Waals surface area contributed by atoms with Crippen LogP contribution < -0.4 is 10.5 Å². The molecule has 0 saturated carbocycles. The molecule has 1 aromatic carbocycles. The minimum Gasteiger partial charge on any atom is -0.348 e. The van der Waals surface area contributed by atoms with E-state index in [1.165, 1.54) is 0 Å². The number of hydrogen-bond donors (Lipinski definition) is 0. The maximum atomic E-state index is 13.5. The molecule has 0 aliphatic carbocycles. The van der Waals surface area contributed by atoms with Crippen LogP contribution in [0.5, 0.6) is 0 Å². The Morgan fingerprint density at radius 1 is 1.11 bits per heavy atom. The lowest BCUT2D eigenvalue weighted by Crippen LogP contribution is -2.37. The van der Waals surface area contributed by atoms with Gasteiger partial charge in [0.15, 0.2) is 5.72 Å². The van der Waals surface area contributed by atoms with Crippen molar-refractivity contribution in [2.45, 2.75) is 18.6 Å². The Labute approximate surface area is 168 Å². The molecular formula is C22H20ClN3O2. The number of hydrogen-bond acceptors (Lipinski definition) is 4. The van der Waals surface area contributed by atoms with Crippen LogP contribution in [-0.2, 0) is 11.8 Å². The van der Waals surface area contributed by atoms with E-state index >= 15 is 0 Å². The molecule has 1 spiro atoms. The average molecular weight is 394 g/mol. The molecule has 4 heterocycles. The predicted octanol–water partition coefficient (Wildman–Crippen LogP) is 4.09. The van der Waals surface area contributed by atoms with Gasteiger partial charge in [0.2, 0.25) is 0 Å². The third-order valence-electron chi connectivity index (χ3n) is 5.72. The molecule has 2 aliphatic rings. The summed E-state index contributed by atoms with van der Waals surface area (Å²) in [6, 6.07) is 13.4. The van der Waals surface area contributed by atoms with E-state index in [0.29, 0.717) is 10.6 Å². The molecule has 0 radical (unpaired) electrons. The zero-order chi connectivity index (χ0) is 19.3. The maximum absolute atomic E-state index is 13.5. The summed E-state index contributed by atoms with van der Waals surface area (Å²) >= 11 is 6.06. The molecule has 28 heavy (non-hydrogen) atoms. The lowest BCUT2D eigenvalue weighted by Gasteiger charge is -2.27. The summed E-state index contributed by atoms with van der Waals surface area (Å²) < 4.78 is 7.52. The van der Waals surface area contributed by atoms with E-state index in [9.17, 15) is 4.79 Å².